The Morgan fingerprint density at radius 3 is 2.87 bits per heavy atom. The monoisotopic (exact) mass is 335 g/mol. The summed E-state index contributed by atoms with van der Waals surface area (Å²) in [6.07, 6.45) is 0. The van der Waals surface area contributed by atoms with Crippen LogP contribution in [0.4, 0.5) is 5.13 Å². The average Bonchev–Trinajstić information content (AvgIpc) is 3.13. The van der Waals surface area contributed by atoms with Gasteiger partial charge in [0.1, 0.15) is 5.69 Å². The molecule has 7 heteroatoms. The van der Waals surface area contributed by atoms with E-state index in [-0.39, 0.29) is 5.97 Å². The van der Waals surface area contributed by atoms with Crippen LogP contribution >= 0.6 is 11.3 Å². The predicted octanol–water partition coefficient (Wildman–Crippen LogP) is 2.77. The van der Waals surface area contributed by atoms with Gasteiger partial charge >= 0.3 is 5.97 Å². The molecule has 3 heterocycles. The number of anilines is 1. The summed E-state index contributed by atoms with van der Waals surface area (Å²) in [5.41, 5.74) is 4.08. The molecule has 1 aliphatic rings. The zero-order valence-electron chi connectivity index (χ0n) is 13.6. The van der Waals surface area contributed by atoms with Crippen LogP contribution in [0.5, 0.6) is 0 Å². The molecule has 2 aromatic heterocycles. The molecule has 124 valence electrons. The Morgan fingerprint density at radius 1 is 1.43 bits per heavy atom. The highest BCUT2D eigenvalue weighted by Crippen LogP contribution is 2.32. The normalized spacial score (nSPS) is 15.0. The zero-order chi connectivity index (χ0) is 16.4. The number of aromatic nitrogens is 2. The zero-order valence-corrected chi connectivity index (χ0v) is 14.5. The molecule has 1 aliphatic heterocycles. The number of nitrogens with one attached hydrogen (secondary N) is 1. The van der Waals surface area contributed by atoms with Crippen LogP contribution in [0.15, 0.2) is 5.38 Å². The lowest BCUT2D eigenvalue weighted by Crippen LogP contribution is -2.36. The maximum Gasteiger partial charge on any atom is 0.340 e. The van der Waals surface area contributed by atoms with Crippen molar-refractivity contribution in [3.05, 3.63) is 22.2 Å². The first-order valence-corrected chi connectivity index (χ1v) is 8.64. The summed E-state index contributed by atoms with van der Waals surface area (Å²) in [6.45, 7) is 9.21. The number of thiazole rings is 1. The number of carbonyl (C=O) groups is 1. The van der Waals surface area contributed by atoms with Crippen LogP contribution < -0.4 is 4.90 Å². The lowest BCUT2D eigenvalue weighted by Gasteiger charge is -2.25. The first kappa shape index (κ1) is 16.0. The number of carbonyl (C=O) groups excluding carboxylic acids is 1. The van der Waals surface area contributed by atoms with Crippen molar-refractivity contribution in [1.29, 1.82) is 0 Å². The Bertz CT molecular complexity index is 701. The third kappa shape index (κ3) is 3.11. The molecular weight excluding hydrogens is 314 g/mol. The quantitative estimate of drug-likeness (QED) is 0.870. The van der Waals surface area contributed by atoms with Gasteiger partial charge in [-0.25, -0.2) is 9.78 Å². The second-order valence-electron chi connectivity index (χ2n) is 5.46. The minimum atomic E-state index is -0.284. The summed E-state index contributed by atoms with van der Waals surface area (Å²) < 4.78 is 10.5. The molecule has 1 N–H and O–H groups in total. The number of H-pyrrole nitrogens is 1. The van der Waals surface area contributed by atoms with Crippen molar-refractivity contribution < 1.29 is 14.3 Å². The van der Waals surface area contributed by atoms with Gasteiger partial charge in [0.2, 0.25) is 0 Å². The molecule has 0 saturated carbocycles. The number of aromatic amines is 1. The molecule has 0 spiro atoms. The summed E-state index contributed by atoms with van der Waals surface area (Å²) >= 11 is 1.62. The smallest absolute Gasteiger partial charge is 0.340 e. The van der Waals surface area contributed by atoms with Crippen molar-refractivity contribution in [3.63, 3.8) is 0 Å². The third-order valence-electron chi connectivity index (χ3n) is 3.95. The maximum atomic E-state index is 12.1. The van der Waals surface area contributed by atoms with Crippen molar-refractivity contribution in [3.8, 4) is 11.4 Å². The second-order valence-corrected chi connectivity index (χ2v) is 6.30. The first-order chi connectivity index (χ1) is 11.1. The summed E-state index contributed by atoms with van der Waals surface area (Å²) in [5, 5.41) is 3.02. The molecule has 23 heavy (non-hydrogen) atoms. The van der Waals surface area contributed by atoms with Gasteiger partial charge in [0, 0.05) is 24.2 Å². The van der Waals surface area contributed by atoms with Gasteiger partial charge in [-0.3, -0.25) is 0 Å². The van der Waals surface area contributed by atoms with Crippen molar-refractivity contribution in [2.75, 3.05) is 37.8 Å². The van der Waals surface area contributed by atoms with Crippen LogP contribution in [0, 0.1) is 13.8 Å². The number of aryl methyl sites for hydroxylation is 1. The Kier molecular flexibility index (Phi) is 4.68. The van der Waals surface area contributed by atoms with Crippen LogP contribution in [-0.4, -0.2) is 48.8 Å². The van der Waals surface area contributed by atoms with E-state index >= 15 is 0 Å². The lowest BCUT2D eigenvalue weighted by molar-refractivity contribution is 0.0525. The van der Waals surface area contributed by atoms with Crippen molar-refractivity contribution in [1.82, 2.24) is 9.97 Å². The highest BCUT2D eigenvalue weighted by atomic mass is 32.1. The fourth-order valence-corrected chi connectivity index (χ4v) is 3.66. The van der Waals surface area contributed by atoms with Gasteiger partial charge in [-0.1, -0.05) is 0 Å². The predicted molar refractivity (Wildman–Crippen MR) is 90.4 cm³/mol. The van der Waals surface area contributed by atoms with Crippen LogP contribution in [0.2, 0.25) is 0 Å². The van der Waals surface area contributed by atoms with E-state index in [4.69, 9.17) is 14.5 Å². The Hall–Kier alpha value is -1.86. The largest absolute Gasteiger partial charge is 0.462 e. The Balaban J connectivity index is 1.89. The van der Waals surface area contributed by atoms with Crippen LogP contribution in [-0.2, 0) is 9.47 Å². The molecule has 3 rings (SSSR count). The molecule has 0 amide bonds. The number of nitrogens with zero attached hydrogens (tertiary/aromatic N) is 2. The van der Waals surface area contributed by atoms with Crippen molar-refractivity contribution >= 4 is 22.4 Å². The van der Waals surface area contributed by atoms with E-state index in [1.165, 1.54) is 0 Å². The van der Waals surface area contributed by atoms with Gasteiger partial charge in [-0.15, -0.1) is 11.3 Å². The molecule has 1 fully saturated rings. The van der Waals surface area contributed by atoms with E-state index < -0.39 is 0 Å². The first-order valence-electron chi connectivity index (χ1n) is 7.76. The number of hydrogen-bond acceptors (Lipinski definition) is 6. The fourth-order valence-electron chi connectivity index (χ4n) is 2.79. The molecule has 1 saturated heterocycles. The maximum absolute atomic E-state index is 12.1. The van der Waals surface area contributed by atoms with Crippen LogP contribution in [0.3, 0.4) is 0 Å². The van der Waals surface area contributed by atoms with Crippen molar-refractivity contribution in [2.24, 2.45) is 0 Å². The highest BCUT2D eigenvalue weighted by molar-refractivity contribution is 7.14. The summed E-state index contributed by atoms with van der Waals surface area (Å²) in [4.78, 5) is 22.3. The number of esters is 1. The van der Waals surface area contributed by atoms with E-state index in [1.807, 2.05) is 26.2 Å². The minimum Gasteiger partial charge on any atom is -0.462 e. The van der Waals surface area contributed by atoms with Gasteiger partial charge in [0.05, 0.1) is 31.1 Å². The SMILES string of the molecule is CCOC(=O)c1c(C)[nH]c(-c2csc(N3CCOCC3)n2)c1C. The molecule has 0 aliphatic carbocycles. The van der Waals surface area contributed by atoms with Crippen LogP contribution in [0.1, 0.15) is 28.5 Å². The van der Waals surface area contributed by atoms with E-state index in [0.29, 0.717) is 12.2 Å². The molecular formula is C16H21N3O3S. The summed E-state index contributed by atoms with van der Waals surface area (Å²) in [7, 11) is 0. The minimum absolute atomic E-state index is 0.284. The average molecular weight is 335 g/mol. The standard InChI is InChI=1S/C16H21N3O3S/c1-4-22-15(20)13-10(2)14(17-11(13)3)12-9-23-16(18-12)19-5-7-21-8-6-19/h9,17H,4-8H2,1-3H3. The molecule has 0 aromatic carbocycles. The van der Waals surface area contributed by atoms with Crippen molar-refractivity contribution in [2.45, 2.75) is 20.8 Å². The molecule has 2 aromatic rings. The molecule has 0 bridgehead atoms. The topological polar surface area (TPSA) is 67.5 Å². The fraction of sp³-hybridized carbons (Fsp3) is 0.500. The Labute approximate surface area is 139 Å². The lowest BCUT2D eigenvalue weighted by atomic mass is 10.1. The summed E-state index contributed by atoms with van der Waals surface area (Å²) in [6, 6.07) is 0. The number of morpholine rings is 1. The molecule has 0 atom stereocenters. The van der Waals surface area contributed by atoms with Gasteiger partial charge < -0.3 is 19.4 Å². The molecule has 0 radical (unpaired) electrons. The van der Waals surface area contributed by atoms with E-state index in [1.54, 1.807) is 11.3 Å². The van der Waals surface area contributed by atoms with Gasteiger partial charge in [0.15, 0.2) is 5.13 Å². The number of hydrogen-bond donors (Lipinski definition) is 1. The van der Waals surface area contributed by atoms with Crippen LogP contribution in [0.25, 0.3) is 11.4 Å². The highest BCUT2D eigenvalue weighted by Gasteiger charge is 2.22. The summed E-state index contributed by atoms with van der Waals surface area (Å²) in [5.74, 6) is -0.284. The third-order valence-corrected chi connectivity index (χ3v) is 4.85. The van der Waals surface area contributed by atoms with E-state index in [2.05, 4.69) is 9.88 Å². The number of rotatable bonds is 4. The van der Waals surface area contributed by atoms with Gasteiger partial charge in [0.25, 0.3) is 0 Å². The number of ether oxygens (including phenoxy) is 2. The van der Waals surface area contributed by atoms with Gasteiger partial charge in [-0.05, 0) is 26.3 Å². The molecule has 0 unspecified atom stereocenters. The van der Waals surface area contributed by atoms with E-state index in [0.717, 1.165) is 54.1 Å². The molecule has 6 nitrogen and oxygen atoms in total. The Morgan fingerprint density at radius 2 is 2.17 bits per heavy atom. The van der Waals surface area contributed by atoms with E-state index in [9.17, 15) is 4.79 Å². The van der Waals surface area contributed by atoms with Gasteiger partial charge in [-0.2, -0.15) is 0 Å². The second kappa shape index (κ2) is 6.72.